The van der Waals surface area contributed by atoms with E-state index in [1.807, 2.05) is 6.92 Å². The number of ether oxygens (including phenoxy) is 6. The predicted octanol–water partition coefficient (Wildman–Crippen LogP) is 3.09. The first-order valence-corrected chi connectivity index (χ1v) is 15.6. The van der Waals surface area contributed by atoms with Gasteiger partial charge in [0, 0.05) is 39.1 Å². The molecule has 0 saturated carbocycles. The van der Waals surface area contributed by atoms with Gasteiger partial charge in [0.25, 0.3) is 0 Å². The summed E-state index contributed by atoms with van der Waals surface area (Å²) < 4.78 is 61.4. The Balaban J connectivity index is 2.99. The summed E-state index contributed by atoms with van der Waals surface area (Å²) in [6.07, 6.45) is 4.15. The molecule has 1 N–H and O–H groups in total. The van der Waals surface area contributed by atoms with Gasteiger partial charge in [0.2, 0.25) is 10.0 Å². The van der Waals surface area contributed by atoms with Gasteiger partial charge in [-0.2, -0.15) is 4.72 Å². The Morgan fingerprint density at radius 2 is 1.00 bits per heavy atom. The number of unbranched alkanes of at least 4 members (excludes halogenated alkanes) is 3. The van der Waals surface area contributed by atoms with E-state index in [0.29, 0.717) is 38.5 Å². The Bertz CT molecular complexity index is 959. The van der Waals surface area contributed by atoms with Crippen molar-refractivity contribution >= 4 is 27.9 Å². The molecule has 240 valence electrons. The summed E-state index contributed by atoms with van der Waals surface area (Å²) in [4.78, 5) is 34.3. The van der Waals surface area contributed by atoms with E-state index >= 15 is 0 Å². The minimum atomic E-state index is -3.99. The van der Waals surface area contributed by atoms with Gasteiger partial charge in [-0.3, -0.25) is 14.4 Å². The number of esters is 3. The Hall–Kier alpha value is -2.58. The number of carbonyl (C=O) groups excluding carboxylic acids is 3. The van der Waals surface area contributed by atoms with Crippen LogP contribution < -0.4 is 4.72 Å². The molecular weight excluding hydrogens is 570 g/mol. The van der Waals surface area contributed by atoms with Crippen LogP contribution in [-0.2, 0) is 52.8 Å². The largest absolute Gasteiger partial charge is 0.469 e. The molecular formula is C29H47NO11S. The van der Waals surface area contributed by atoms with Gasteiger partial charge in [-0.25, -0.2) is 8.42 Å². The zero-order valence-electron chi connectivity index (χ0n) is 25.3. The van der Waals surface area contributed by atoms with E-state index in [1.54, 1.807) is 12.1 Å². The highest BCUT2D eigenvalue weighted by molar-refractivity contribution is 7.89. The van der Waals surface area contributed by atoms with Gasteiger partial charge in [0.05, 0.1) is 46.0 Å². The number of hydrogen-bond donors (Lipinski definition) is 1. The molecule has 0 spiro atoms. The number of methoxy groups -OCH3 is 3. The summed E-state index contributed by atoms with van der Waals surface area (Å²) in [5, 5.41) is 0. The normalized spacial score (nSPS) is 11.7. The molecule has 1 aromatic carbocycles. The van der Waals surface area contributed by atoms with E-state index in [-0.39, 0.29) is 81.7 Å². The summed E-state index contributed by atoms with van der Waals surface area (Å²) in [5.74, 6) is -0.927. The van der Waals surface area contributed by atoms with E-state index in [4.69, 9.17) is 14.2 Å². The van der Waals surface area contributed by atoms with Crippen molar-refractivity contribution in [3.05, 3.63) is 29.8 Å². The van der Waals surface area contributed by atoms with Crippen molar-refractivity contribution in [1.29, 1.82) is 0 Å². The lowest BCUT2D eigenvalue weighted by Gasteiger charge is -2.34. The quantitative estimate of drug-likeness (QED) is 0.103. The average molecular weight is 618 g/mol. The number of carbonyl (C=O) groups is 3. The molecule has 0 amide bonds. The monoisotopic (exact) mass is 617 g/mol. The molecule has 0 atom stereocenters. The van der Waals surface area contributed by atoms with Crippen LogP contribution >= 0.6 is 0 Å². The number of sulfonamides is 1. The summed E-state index contributed by atoms with van der Waals surface area (Å²) in [7, 11) is 0.000566. The summed E-state index contributed by atoms with van der Waals surface area (Å²) in [5.41, 5.74) is -0.363. The zero-order chi connectivity index (χ0) is 31.3. The van der Waals surface area contributed by atoms with Gasteiger partial charge in [-0.1, -0.05) is 17.7 Å². The van der Waals surface area contributed by atoms with E-state index in [2.05, 4.69) is 18.9 Å². The van der Waals surface area contributed by atoms with E-state index in [0.717, 1.165) is 5.56 Å². The molecule has 13 heteroatoms. The first-order chi connectivity index (χ1) is 20.1. The maximum Gasteiger partial charge on any atom is 0.305 e. The molecule has 1 rings (SSSR count). The van der Waals surface area contributed by atoms with Crippen molar-refractivity contribution in [2.75, 3.05) is 61.0 Å². The Morgan fingerprint density at radius 1 is 0.643 bits per heavy atom. The van der Waals surface area contributed by atoms with Gasteiger partial charge in [-0.15, -0.1) is 0 Å². The average Bonchev–Trinajstić information content (AvgIpc) is 2.97. The minimum absolute atomic E-state index is 0.0549. The molecule has 42 heavy (non-hydrogen) atoms. The van der Waals surface area contributed by atoms with Gasteiger partial charge >= 0.3 is 17.9 Å². The molecule has 0 aliphatic rings. The standard InChI is InChI=1S/C29H47NO11S/c1-24-14-16-25(17-15-24)42(34,35)30-29(21-39-18-8-5-11-26(31)36-2,22-40-19-9-6-12-27(32)37-3)23-41-20-10-7-13-28(33)38-4/h14-17,30H,5-13,18-23H2,1-4H3. The summed E-state index contributed by atoms with van der Waals surface area (Å²) >= 11 is 0. The predicted molar refractivity (Wildman–Crippen MR) is 154 cm³/mol. The van der Waals surface area contributed by atoms with E-state index in [9.17, 15) is 22.8 Å². The van der Waals surface area contributed by atoms with Crippen molar-refractivity contribution in [2.45, 2.75) is 75.1 Å². The molecule has 1 aromatic rings. The molecule has 0 heterocycles. The third kappa shape index (κ3) is 16.2. The second-order valence-corrected chi connectivity index (χ2v) is 11.6. The highest BCUT2D eigenvalue weighted by Crippen LogP contribution is 2.18. The SMILES string of the molecule is COC(=O)CCCCOCC(COCCCCC(=O)OC)(COCCCCC(=O)OC)NS(=O)(=O)c1ccc(C)cc1. The fourth-order valence-electron chi connectivity index (χ4n) is 3.80. The van der Waals surface area contributed by atoms with Crippen LogP contribution in [-0.4, -0.2) is 92.8 Å². The van der Waals surface area contributed by atoms with Gasteiger partial charge in [-0.05, 0) is 57.6 Å². The van der Waals surface area contributed by atoms with Crippen LogP contribution in [0.25, 0.3) is 0 Å². The van der Waals surface area contributed by atoms with Crippen LogP contribution in [0.5, 0.6) is 0 Å². The molecule has 0 bridgehead atoms. The maximum atomic E-state index is 13.5. The second kappa shape index (κ2) is 21.2. The van der Waals surface area contributed by atoms with Crippen LogP contribution in [0.2, 0.25) is 0 Å². The third-order valence-corrected chi connectivity index (χ3v) is 7.85. The third-order valence-electron chi connectivity index (χ3n) is 6.26. The van der Waals surface area contributed by atoms with E-state index in [1.165, 1.54) is 33.5 Å². The number of aryl methyl sites for hydroxylation is 1. The van der Waals surface area contributed by atoms with Crippen molar-refractivity contribution in [2.24, 2.45) is 0 Å². The minimum Gasteiger partial charge on any atom is -0.469 e. The highest BCUT2D eigenvalue weighted by Gasteiger charge is 2.37. The molecule has 0 fully saturated rings. The van der Waals surface area contributed by atoms with Crippen molar-refractivity contribution in [3.63, 3.8) is 0 Å². The fraction of sp³-hybridized carbons (Fsp3) is 0.690. The van der Waals surface area contributed by atoms with Crippen LogP contribution in [0.4, 0.5) is 0 Å². The number of rotatable bonds is 24. The van der Waals surface area contributed by atoms with Crippen LogP contribution in [0.15, 0.2) is 29.2 Å². The van der Waals surface area contributed by atoms with Gasteiger partial charge in [0.1, 0.15) is 5.54 Å². The van der Waals surface area contributed by atoms with Crippen molar-refractivity contribution in [1.82, 2.24) is 4.72 Å². The summed E-state index contributed by atoms with van der Waals surface area (Å²) in [6.45, 7) is 2.54. The van der Waals surface area contributed by atoms with Crippen LogP contribution in [0.1, 0.15) is 63.4 Å². The molecule has 0 unspecified atom stereocenters. The van der Waals surface area contributed by atoms with Crippen LogP contribution in [0, 0.1) is 6.92 Å². The zero-order valence-corrected chi connectivity index (χ0v) is 26.1. The fourth-order valence-corrected chi connectivity index (χ4v) is 5.16. The Kier molecular flexibility index (Phi) is 18.9. The number of benzene rings is 1. The topological polar surface area (TPSA) is 153 Å². The first kappa shape index (κ1) is 37.4. The van der Waals surface area contributed by atoms with Crippen molar-refractivity contribution in [3.8, 4) is 0 Å². The molecule has 0 aliphatic carbocycles. The van der Waals surface area contributed by atoms with Crippen LogP contribution in [0.3, 0.4) is 0 Å². The lowest BCUT2D eigenvalue weighted by Crippen LogP contribution is -2.58. The number of nitrogens with one attached hydrogen (secondary N) is 1. The molecule has 12 nitrogen and oxygen atoms in total. The maximum absolute atomic E-state index is 13.5. The Labute approximate surface area is 249 Å². The van der Waals surface area contributed by atoms with Gasteiger partial charge in [0.15, 0.2) is 0 Å². The summed E-state index contributed by atoms with van der Waals surface area (Å²) in [6, 6.07) is 6.47. The Morgan fingerprint density at radius 3 is 1.33 bits per heavy atom. The lowest BCUT2D eigenvalue weighted by molar-refractivity contribution is -0.141. The van der Waals surface area contributed by atoms with Crippen molar-refractivity contribution < 1.29 is 51.2 Å². The molecule has 0 aromatic heterocycles. The molecule has 0 saturated heterocycles. The molecule has 0 radical (unpaired) electrons. The highest BCUT2D eigenvalue weighted by atomic mass is 32.2. The lowest BCUT2D eigenvalue weighted by atomic mass is 10.1. The van der Waals surface area contributed by atoms with Gasteiger partial charge < -0.3 is 28.4 Å². The number of hydrogen-bond acceptors (Lipinski definition) is 11. The molecule has 0 aliphatic heterocycles. The first-order valence-electron chi connectivity index (χ1n) is 14.1. The second-order valence-electron chi connectivity index (χ2n) is 9.96. The smallest absolute Gasteiger partial charge is 0.305 e. The van der Waals surface area contributed by atoms with E-state index < -0.39 is 15.6 Å².